The summed E-state index contributed by atoms with van der Waals surface area (Å²) in [6.45, 7) is 0. The van der Waals surface area contributed by atoms with Crippen LogP contribution in [0.25, 0.3) is 0 Å². The third-order valence-corrected chi connectivity index (χ3v) is 5.92. The second kappa shape index (κ2) is 9.02. The predicted octanol–water partition coefficient (Wildman–Crippen LogP) is 4.65. The number of ether oxygens (including phenoxy) is 1. The molecule has 0 saturated carbocycles. The Bertz CT molecular complexity index is 939. The van der Waals surface area contributed by atoms with Crippen molar-refractivity contribution in [3.05, 3.63) is 59.3 Å². The highest BCUT2D eigenvalue weighted by Gasteiger charge is 2.51. The number of carbonyl (C=O) groups excluding carboxylic acids is 1. The van der Waals surface area contributed by atoms with Gasteiger partial charge in [0.25, 0.3) is 5.91 Å². The number of benzene rings is 1. The minimum absolute atomic E-state index is 0.00930. The van der Waals surface area contributed by atoms with E-state index in [0.717, 1.165) is 19.3 Å². The van der Waals surface area contributed by atoms with Crippen LogP contribution in [0.4, 0.5) is 5.69 Å². The first-order valence-corrected chi connectivity index (χ1v) is 10.4. The maximum absolute atomic E-state index is 12.5. The zero-order chi connectivity index (χ0) is 21.1. The summed E-state index contributed by atoms with van der Waals surface area (Å²) in [6, 6.07) is 6.84. The van der Waals surface area contributed by atoms with Gasteiger partial charge >= 0.3 is 5.97 Å². The summed E-state index contributed by atoms with van der Waals surface area (Å²) in [6.07, 6.45) is 8.82. The summed E-state index contributed by atoms with van der Waals surface area (Å²) >= 11 is 5.87. The highest BCUT2D eigenvalue weighted by molar-refractivity contribution is 6.30. The number of allylic oxidation sites excluding steroid dienone is 2. The lowest BCUT2D eigenvalue weighted by Crippen LogP contribution is -2.25. The van der Waals surface area contributed by atoms with Crippen LogP contribution in [0.15, 0.2) is 47.1 Å². The van der Waals surface area contributed by atoms with Gasteiger partial charge in [-0.3, -0.25) is 9.59 Å². The van der Waals surface area contributed by atoms with Crippen molar-refractivity contribution in [3.63, 3.8) is 0 Å². The van der Waals surface area contributed by atoms with Crippen LogP contribution >= 0.6 is 11.6 Å². The number of oxazole rings is 1. The maximum atomic E-state index is 12.5. The van der Waals surface area contributed by atoms with Crippen molar-refractivity contribution in [2.45, 2.75) is 50.2 Å². The number of anilines is 1. The topological polar surface area (TPSA) is 102 Å². The fourth-order valence-corrected chi connectivity index (χ4v) is 4.39. The first-order chi connectivity index (χ1) is 14.5. The number of hydrogen-bond acceptors (Lipinski definition) is 5. The van der Waals surface area contributed by atoms with Crippen LogP contribution in [0.3, 0.4) is 0 Å². The molecule has 30 heavy (non-hydrogen) atoms. The largest absolute Gasteiger partial charge is 0.481 e. The van der Waals surface area contributed by atoms with Crippen molar-refractivity contribution in [1.82, 2.24) is 4.98 Å². The number of aromatic nitrogens is 1. The van der Waals surface area contributed by atoms with Crippen LogP contribution in [0.2, 0.25) is 5.02 Å². The maximum Gasteiger partial charge on any atom is 0.303 e. The van der Waals surface area contributed by atoms with Crippen molar-refractivity contribution in [2.24, 2.45) is 5.92 Å². The van der Waals surface area contributed by atoms with Gasteiger partial charge in [0, 0.05) is 23.0 Å². The molecule has 4 unspecified atom stereocenters. The molecule has 2 N–H and O–H groups in total. The lowest BCUT2D eigenvalue weighted by atomic mass is 9.77. The summed E-state index contributed by atoms with van der Waals surface area (Å²) in [7, 11) is 0. The molecule has 1 aromatic carbocycles. The lowest BCUT2D eigenvalue weighted by molar-refractivity contribution is -0.136. The zero-order valence-electron chi connectivity index (χ0n) is 16.3. The van der Waals surface area contributed by atoms with Crippen molar-refractivity contribution in [1.29, 1.82) is 0 Å². The van der Waals surface area contributed by atoms with Gasteiger partial charge < -0.3 is 19.6 Å². The van der Waals surface area contributed by atoms with Crippen molar-refractivity contribution in [3.8, 4) is 0 Å². The quantitative estimate of drug-likeness (QED) is 0.591. The number of fused-ring (bicyclic) bond motifs is 2. The smallest absolute Gasteiger partial charge is 0.303 e. The number of nitrogens with one attached hydrogen (secondary N) is 1. The molecule has 2 aliphatic rings. The number of carboxylic acid groups (broad SMARTS) is 1. The van der Waals surface area contributed by atoms with Gasteiger partial charge in [-0.25, -0.2) is 4.98 Å². The Morgan fingerprint density at radius 3 is 2.73 bits per heavy atom. The summed E-state index contributed by atoms with van der Waals surface area (Å²) in [5, 5.41) is 12.1. The minimum atomic E-state index is -0.801. The molecular formula is C22H23ClN2O5. The molecule has 2 aliphatic heterocycles. The number of rotatable bonds is 8. The normalized spacial score (nSPS) is 25.1. The number of carbonyl (C=O) groups is 2. The first-order valence-electron chi connectivity index (χ1n) is 10.1. The van der Waals surface area contributed by atoms with E-state index >= 15 is 0 Å². The monoisotopic (exact) mass is 430 g/mol. The number of hydrogen-bond donors (Lipinski definition) is 2. The highest BCUT2D eigenvalue weighted by Crippen LogP contribution is 2.50. The Hall–Kier alpha value is -2.64. The van der Waals surface area contributed by atoms with Gasteiger partial charge in [-0.1, -0.05) is 23.8 Å². The first kappa shape index (κ1) is 20.6. The number of nitrogens with zero attached hydrogens (tertiary/aromatic N) is 1. The Morgan fingerprint density at radius 2 is 1.97 bits per heavy atom. The van der Waals surface area contributed by atoms with Gasteiger partial charge in [-0.2, -0.15) is 0 Å². The highest BCUT2D eigenvalue weighted by atomic mass is 35.5. The molecule has 2 aromatic rings. The van der Waals surface area contributed by atoms with E-state index in [2.05, 4.69) is 10.3 Å². The lowest BCUT2D eigenvalue weighted by Gasteiger charge is -2.24. The Labute approximate surface area is 179 Å². The molecule has 8 heteroatoms. The van der Waals surface area contributed by atoms with Crippen LogP contribution in [0.1, 0.15) is 54.4 Å². The van der Waals surface area contributed by atoms with E-state index in [-0.39, 0.29) is 42.1 Å². The summed E-state index contributed by atoms with van der Waals surface area (Å²) in [5.41, 5.74) is 0.847. The van der Waals surface area contributed by atoms with Gasteiger partial charge in [-0.05, 0) is 49.9 Å². The molecule has 2 fully saturated rings. The molecule has 3 heterocycles. The van der Waals surface area contributed by atoms with Gasteiger partial charge in [0.1, 0.15) is 6.26 Å². The number of halogens is 1. The average Bonchev–Trinajstić information content (AvgIpc) is 3.45. The predicted molar refractivity (Wildman–Crippen MR) is 111 cm³/mol. The van der Waals surface area contributed by atoms with Crippen molar-refractivity contribution in [2.75, 3.05) is 5.32 Å². The molecule has 7 nitrogen and oxygen atoms in total. The SMILES string of the molecule is O=C(O)CCC=CCC1C2CCC(O2)C1c1nc(C(=O)Nc2ccc(Cl)cc2)co1. The number of aliphatic carboxylic acids is 1. The molecule has 1 aromatic heterocycles. The molecule has 0 spiro atoms. The van der Waals surface area contributed by atoms with E-state index in [1.807, 2.05) is 12.2 Å². The van der Waals surface area contributed by atoms with Crippen molar-refractivity contribution < 1.29 is 23.8 Å². The summed E-state index contributed by atoms with van der Waals surface area (Å²) < 4.78 is 11.8. The summed E-state index contributed by atoms with van der Waals surface area (Å²) in [5.74, 6) is -0.431. The molecule has 0 radical (unpaired) electrons. The fourth-order valence-electron chi connectivity index (χ4n) is 4.27. The molecule has 1 amide bonds. The third kappa shape index (κ3) is 4.57. The van der Waals surface area contributed by atoms with Gasteiger partial charge in [0.15, 0.2) is 5.69 Å². The number of carboxylic acids is 1. The molecule has 4 rings (SSSR count). The van der Waals surface area contributed by atoms with E-state index in [1.165, 1.54) is 6.26 Å². The second-order valence-corrected chi connectivity index (χ2v) is 8.09. The van der Waals surface area contributed by atoms with Crippen LogP contribution in [-0.4, -0.2) is 34.2 Å². The third-order valence-electron chi connectivity index (χ3n) is 5.67. The van der Waals surface area contributed by atoms with E-state index in [9.17, 15) is 9.59 Å². The average molecular weight is 431 g/mol. The second-order valence-electron chi connectivity index (χ2n) is 7.65. The molecular weight excluding hydrogens is 408 g/mol. The van der Waals surface area contributed by atoms with E-state index < -0.39 is 5.97 Å². The molecule has 2 bridgehead atoms. The molecule has 0 aliphatic carbocycles. The van der Waals surface area contributed by atoms with Gasteiger partial charge in [0.2, 0.25) is 5.89 Å². The summed E-state index contributed by atoms with van der Waals surface area (Å²) in [4.78, 5) is 27.6. The minimum Gasteiger partial charge on any atom is -0.481 e. The molecule has 2 saturated heterocycles. The van der Waals surface area contributed by atoms with E-state index in [0.29, 0.717) is 23.0 Å². The van der Waals surface area contributed by atoms with Crippen LogP contribution in [-0.2, 0) is 9.53 Å². The van der Waals surface area contributed by atoms with Crippen LogP contribution < -0.4 is 5.32 Å². The zero-order valence-corrected chi connectivity index (χ0v) is 17.0. The molecule has 4 atom stereocenters. The van der Waals surface area contributed by atoms with Gasteiger partial charge in [-0.15, -0.1) is 0 Å². The van der Waals surface area contributed by atoms with Crippen LogP contribution in [0.5, 0.6) is 0 Å². The standard InChI is InChI=1S/C22H23ClN2O5/c23-13-6-8-14(9-7-13)24-21(28)16-12-29-22(25-16)20-15(17-10-11-18(20)30-17)4-2-1-3-5-19(26)27/h1-2,6-9,12,15,17-18,20H,3-5,10-11H2,(H,24,28)(H,26,27). The Morgan fingerprint density at radius 1 is 1.20 bits per heavy atom. The number of amides is 1. The van der Waals surface area contributed by atoms with E-state index in [1.54, 1.807) is 24.3 Å². The fraction of sp³-hybridized carbons (Fsp3) is 0.409. The van der Waals surface area contributed by atoms with Crippen molar-refractivity contribution >= 4 is 29.2 Å². The van der Waals surface area contributed by atoms with E-state index in [4.69, 9.17) is 25.9 Å². The Kier molecular flexibility index (Phi) is 6.20. The van der Waals surface area contributed by atoms with Crippen LogP contribution in [0, 0.1) is 5.92 Å². The van der Waals surface area contributed by atoms with Gasteiger partial charge in [0.05, 0.1) is 18.1 Å². The Balaban J connectivity index is 1.42. The molecule has 158 valence electrons.